The highest BCUT2D eigenvalue weighted by atomic mass is 35.5. The van der Waals surface area contributed by atoms with Crippen molar-refractivity contribution in [3.05, 3.63) is 40.0 Å². The zero-order chi connectivity index (χ0) is 14.7. The molecule has 4 heteroatoms. The van der Waals surface area contributed by atoms with Gasteiger partial charge in [0.05, 0.1) is 0 Å². The van der Waals surface area contributed by atoms with Gasteiger partial charge in [-0.15, -0.1) is 0 Å². The summed E-state index contributed by atoms with van der Waals surface area (Å²) in [6.45, 7) is 9.13. The Balaban J connectivity index is 2.58. The van der Waals surface area contributed by atoms with Crippen LogP contribution >= 0.6 is 11.6 Å². The number of nitrogens with zero attached hydrogens (tertiary/aromatic N) is 2. The molecule has 0 saturated carbocycles. The normalized spacial score (nSPS) is 10.7. The number of nitrogens with one attached hydrogen (secondary N) is 1. The fourth-order valence-electron chi connectivity index (χ4n) is 2.25. The maximum Gasteiger partial charge on any atom is 0.162 e. The summed E-state index contributed by atoms with van der Waals surface area (Å²) in [6.07, 6.45) is 0.895. The first-order valence-electron chi connectivity index (χ1n) is 6.94. The van der Waals surface area contributed by atoms with E-state index in [4.69, 9.17) is 16.6 Å². The van der Waals surface area contributed by atoms with E-state index in [1.807, 2.05) is 25.1 Å². The molecule has 106 valence electrons. The Morgan fingerprint density at radius 2 is 1.90 bits per heavy atom. The fraction of sp³-hybridized carbons (Fsp3) is 0.375. The van der Waals surface area contributed by atoms with E-state index in [2.05, 4.69) is 31.1 Å². The van der Waals surface area contributed by atoms with Gasteiger partial charge in [0.1, 0.15) is 5.82 Å². The summed E-state index contributed by atoms with van der Waals surface area (Å²) in [6, 6.07) is 5.81. The van der Waals surface area contributed by atoms with Crippen LogP contribution in [-0.2, 0) is 6.42 Å². The first kappa shape index (κ1) is 14.8. The molecule has 1 heterocycles. The molecule has 1 aromatic carbocycles. The van der Waals surface area contributed by atoms with E-state index in [9.17, 15) is 0 Å². The van der Waals surface area contributed by atoms with E-state index in [0.29, 0.717) is 0 Å². The average Bonchev–Trinajstić information content (AvgIpc) is 2.41. The number of rotatable bonds is 4. The van der Waals surface area contributed by atoms with Crippen molar-refractivity contribution >= 4 is 17.4 Å². The third-order valence-electron chi connectivity index (χ3n) is 3.36. The monoisotopic (exact) mass is 289 g/mol. The molecule has 0 bridgehead atoms. The Labute approximate surface area is 125 Å². The number of aromatic nitrogens is 2. The topological polar surface area (TPSA) is 37.8 Å². The quantitative estimate of drug-likeness (QED) is 0.906. The summed E-state index contributed by atoms with van der Waals surface area (Å²) in [5.74, 6) is 1.68. The molecule has 2 rings (SSSR count). The first-order valence-corrected chi connectivity index (χ1v) is 7.32. The first-order chi connectivity index (χ1) is 9.56. The van der Waals surface area contributed by atoms with Crippen molar-refractivity contribution in [2.45, 2.75) is 34.1 Å². The Morgan fingerprint density at radius 3 is 2.50 bits per heavy atom. The van der Waals surface area contributed by atoms with E-state index in [0.717, 1.165) is 52.0 Å². The summed E-state index contributed by atoms with van der Waals surface area (Å²) < 4.78 is 0. The molecule has 0 unspecified atom stereocenters. The zero-order valence-corrected chi connectivity index (χ0v) is 13.2. The highest BCUT2D eigenvalue weighted by Gasteiger charge is 2.12. The number of aryl methyl sites for hydroxylation is 2. The standard InChI is InChI=1S/C16H20ClN3/c1-5-14-11(4)15(18-6-2)20-16(19-14)13-8-7-12(17)9-10(13)3/h7-9H,5-6H2,1-4H3,(H,18,19,20). The lowest BCUT2D eigenvalue weighted by Crippen LogP contribution is -2.07. The number of anilines is 1. The second-order valence-electron chi connectivity index (χ2n) is 4.81. The van der Waals surface area contributed by atoms with Crippen molar-refractivity contribution in [1.29, 1.82) is 0 Å². The molecule has 0 fully saturated rings. The maximum absolute atomic E-state index is 6.02. The van der Waals surface area contributed by atoms with Crippen LogP contribution < -0.4 is 5.32 Å². The summed E-state index contributed by atoms with van der Waals surface area (Å²) in [5.41, 5.74) is 4.33. The summed E-state index contributed by atoms with van der Waals surface area (Å²) in [4.78, 5) is 9.37. The van der Waals surface area contributed by atoms with Gasteiger partial charge in [-0.2, -0.15) is 0 Å². The van der Waals surface area contributed by atoms with E-state index >= 15 is 0 Å². The molecule has 0 aliphatic heterocycles. The zero-order valence-electron chi connectivity index (χ0n) is 12.4. The number of hydrogen-bond acceptors (Lipinski definition) is 3. The number of halogens is 1. The molecule has 0 radical (unpaired) electrons. The summed E-state index contributed by atoms with van der Waals surface area (Å²) in [5, 5.41) is 4.05. The van der Waals surface area contributed by atoms with Gasteiger partial charge in [0.15, 0.2) is 5.82 Å². The van der Waals surface area contributed by atoms with Crippen LogP contribution in [0.15, 0.2) is 18.2 Å². The van der Waals surface area contributed by atoms with Crippen molar-refractivity contribution < 1.29 is 0 Å². The van der Waals surface area contributed by atoms with Gasteiger partial charge >= 0.3 is 0 Å². The lowest BCUT2D eigenvalue weighted by molar-refractivity contribution is 0.969. The van der Waals surface area contributed by atoms with Crippen LogP contribution in [0.25, 0.3) is 11.4 Å². The second kappa shape index (κ2) is 6.23. The minimum Gasteiger partial charge on any atom is -0.370 e. The van der Waals surface area contributed by atoms with Crippen molar-refractivity contribution in [2.75, 3.05) is 11.9 Å². The van der Waals surface area contributed by atoms with Gasteiger partial charge in [-0.3, -0.25) is 0 Å². The van der Waals surface area contributed by atoms with Crippen LogP contribution in [0.1, 0.15) is 30.7 Å². The average molecular weight is 290 g/mol. The van der Waals surface area contributed by atoms with Gasteiger partial charge in [-0.1, -0.05) is 18.5 Å². The van der Waals surface area contributed by atoms with Gasteiger partial charge in [-0.25, -0.2) is 9.97 Å². The number of hydrogen-bond donors (Lipinski definition) is 1. The van der Waals surface area contributed by atoms with Gasteiger partial charge in [0.2, 0.25) is 0 Å². The van der Waals surface area contributed by atoms with Crippen LogP contribution in [0, 0.1) is 13.8 Å². The molecule has 20 heavy (non-hydrogen) atoms. The second-order valence-corrected chi connectivity index (χ2v) is 5.25. The largest absolute Gasteiger partial charge is 0.370 e. The molecule has 0 saturated heterocycles. The molecule has 0 amide bonds. The van der Waals surface area contributed by atoms with E-state index in [1.54, 1.807) is 0 Å². The predicted octanol–water partition coefficient (Wildman–Crippen LogP) is 4.41. The van der Waals surface area contributed by atoms with E-state index < -0.39 is 0 Å². The SMILES string of the molecule is CCNc1nc(-c2ccc(Cl)cc2C)nc(CC)c1C. The van der Waals surface area contributed by atoms with E-state index in [-0.39, 0.29) is 0 Å². The Morgan fingerprint density at radius 1 is 1.15 bits per heavy atom. The van der Waals surface area contributed by atoms with Crippen LogP contribution in [0.4, 0.5) is 5.82 Å². The van der Waals surface area contributed by atoms with Gasteiger partial charge in [-0.05, 0) is 51.0 Å². The Bertz CT molecular complexity index is 623. The Kier molecular flexibility index (Phi) is 4.61. The minimum absolute atomic E-state index is 0.737. The van der Waals surface area contributed by atoms with Gasteiger partial charge < -0.3 is 5.32 Å². The van der Waals surface area contributed by atoms with Crippen LogP contribution in [0.3, 0.4) is 0 Å². The van der Waals surface area contributed by atoms with Crippen molar-refractivity contribution in [1.82, 2.24) is 9.97 Å². The molecular weight excluding hydrogens is 270 g/mol. The molecule has 3 nitrogen and oxygen atoms in total. The molecular formula is C16H20ClN3. The molecule has 1 aromatic heterocycles. The molecule has 2 aromatic rings. The maximum atomic E-state index is 6.02. The minimum atomic E-state index is 0.737. The Hall–Kier alpha value is -1.61. The van der Waals surface area contributed by atoms with Crippen LogP contribution in [0.2, 0.25) is 5.02 Å². The van der Waals surface area contributed by atoms with Gasteiger partial charge in [0, 0.05) is 28.4 Å². The third-order valence-corrected chi connectivity index (χ3v) is 3.59. The molecule has 0 spiro atoms. The molecule has 1 N–H and O–H groups in total. The molecule has 0 aliphatic carbocycles. The molecule has 0 atom stereocenters. The fourth-order valence-corrected chi connectivity index (χ4v) is 2.47. The predicted molar refractivity (Wildman–Crippen MR) is 85.5 cm³/mol. The highest BCUT2D eigenvalue weighted by Crippen LogP contribution is 2.26. The summed E-state index contributed by atoms with van der Waals surface area (Å²) >= 11 is 6.02. The van der Waals surface area contributed by atoms with Crippen molar-refractivity contribution in [3.8, 4) is 11.4 Å². The van der Waals surface area contributed by atoms with Gasteiger partial charge in [0.25, 0.3) is 0 Å². The van der Waals surface area contributed by atoms with Crippen molar-refractivity contribution in [3.63, 3.8) is 0 Å². The highest BCUT2D eigenvalue weighted by molar-refractivity contribution is 6.30. The third kappa shape index (κ3) is 2.93. The van der Waals surface area contributed by atoms with Crippen LogP contribution in [-0.4, -0.2) is 16.5 Å². The van der Waals surface area contributed by atoms with Crippen LogP contribution in [0.5, 0.6) is 0 Å². The lowest BCUT2D eigenvalue weighted by Gasteiger charge is -2.13. The van der Waals surface area contributed by atoms with Crippen molar-refractivity contribution in [2.24, 2.45) is 0 Å². The lowest BCUT2D eigenvalue weighted by atomic mass is 10.1. The summed E-state index contributed by atoms with van der Waals surface area (Å²) in [7, 11) is 0. The molecule has 0 aliphatic rings. The van der Waals surface area contributed by atoms with E-state index in [1.165, 1.54) is 0 Å². The smallest absolute Gasteiger partial charge is 0.162 e. The number of benzene rings is 1.